The third-order valence-corrected chi connectivity index (χ3v) is 3.60. The lowest BCUT2D eigenvalue weighted by Gasteiger charge is -2.25. The van der Waals surface area contributed by atoms with E-state index in [0.29, 0.717) is 19.3 Å². The SMILES string of the molecule is C[C@H](CCC(=O)O)C[C@@H](Cc1ccccc1)C(=O)OC(C)(C)C. The molecule has 4 heteroatoms. The van der Waals surface area contributed by atoms with Gasteiger partial charge in [-0.25, -0.2) is 0 Å². The molecule has 0 aromatic heterocycles. The molecule has 2 atom stereocenters. The zero-order valence-electron chi connectivity index (χ0n) is 14.5. The van der Waals surface area contributed by atoms with E-state index in [4.69, 9.17) is 9.84 Å². The van der Waals surface area contributed by atoms with Crippen molar-refractivity contribution in [2.45, 2.75) is 59.0 Å². The maximum atomic E-state index is 12.5. The topological polar surface area (TPSA) is 63.6 Å². The molecule has 1 rings (SSSR count). The van der Waals surface area contributed by atoms with Crippen molar-refractivity contribution in [3.8, 4) is 0 Å². The van der Waals surface area contributed by atoms with Crippen molar-refractivity contribution in [2.75, 3.05) is 0 Å². The Labute approximate surface area is 138 Å². The highest BCUT2D eigenvalue weighted by atomic mass is 16.6. The van der Waals surface area contributed by atoms with E-state index in [1.54, 1.807) is 0 Å². The van der Waals surface area contributed by atoms with Crippen LogP contribution in [0.5, 0.6) is 0 Å². The highest BCUT2D eigenvalue weighted by molar-refractivity contribution is 5.73. The molecule has 0 aliphatic carbocycles. The van der Waals surface area contributed by atoms with E-state index >= 15 is 0 Å². The molecule has 0 unspecified atom stereocenters. The van der Waals surface area contributed by atoms with Gasteiger partial charge in [-0.3, -0.25) is 9.59 Å². The molecule has 0 aliphatic heterocycles. The number of aliphatic carboxylic acids is 1. The van der Waals surface area contributed by atoms with Gasteiger partial charge < -0.3 is 9.84 Å². The van der Waals surface area contributed by atoms with Crippen molar-refractivity contribution in [2.24, 2.45) is 11.8 Å². The van der Waals surface area contributed by atoms with Gasteiger partial charge in [-0.05, 0) is 51.5 Å². The van der Waals surface area contributed by atoms with E-state index in [1.807, 2.05) is 58.0 Å². The van der Waals surface area contributed by atoms with Crippen molar-refractivity contribution in [1.82, 2.24) is 0 Å². The number of carboxylic acid groups (broad SMARTS) is 1. The fourth-order valence-electron chi connectivity index (χ4n) is 2.52. The van der Waals surface area contributed by atoms with Crippen molar-refractivity contribution in [3.05, 3.63) is 35.9 Å². The molecule has 1 N–H and O–H groups in total. The van der Waals surface area contributed by atoms with Crippen LogP contribution in [0.15, 0.2) is 30.3 Å². The first kappa shape index (κ1) is 19.2. The molecule has 0 aliphatic rings. The summed E-state index contributed by atoms with van der Waals surface area (Å²) in [7, 11) is 0. The largest absolute Gasteiger partial charge is 0.481 e. The quantitative estimate of drug-likeness (QED) is 0.733. The van der Waals surface area contributed by atoms with Crippen LogP contribution in [0.25, 0.3) is 0 Å². The van der Waals surface area contributed by atoms with E-state index in [9.17, 15) is 9.59 Å². The number of esters is 1. The Hall–Kier alpha value is -1.84. The van der Waals surface area contributed by atoms with Gasteiger partial charge in [0.05, 0.1) is 5.92 Å². The van der Waals surface area contributed by atoms with Gasteiger partial charge in [0.1, 0.15) is 5.60 Å². The molecule has 0 radical (unpaired) electrons. The number of hydrogen-bond acceptors (Lipinski definition) is 3. The molecule has 128 valence electrons. The van der Waals surface area contributed by atoms with Gasteiger partial charge in [0, 0.05) is 6.42 Å². The van der Waals surface area contributed by atoms with Crippen LogP contribution in [0.2, 0.25) is 0 Å². The summed E-state index contributed by atoms with van der Waals surface area (Å²) in [6.45, 7) is 7.57. The lowest BCUT2D eigenvalue weighted by Crippen LogP contribution is -2.30. The molecule has 4 nitrogen and oxygen atoms in total. The van der Waals surface area contributed by atoms with Crippen LogP contribution in [0.1, 0.15) is 52.5 Å². The highest BCUT2D eigenvalue weighted by Gasteiger charge is 2.27. The van der Waals surface area contributed by atoms with Crippen molar-refractivity contribution in [3.63, 3.8) is 0 Å². The summed E-state index contributed by atoms with van der Waals surface area (Å²) < 4.78 is 5.54. The molecule has 1 aromatic carbocycles. The van der Waals surface area contributed by atoms with Gasteiger partial charge in [0.25, 0.3) is 0 Å². The Balaban J connectivity index is 2.75. The van der Waals surface area contributed by atoms with Crippen LogP contribution in [-0.2, 0) is 20.7 Å². The average Bonchev–Trinajstić information content (AvgIpc) is 2.43. The molecule has 0 bridgehead atoms. The monoisotopic (exact) mass is 320 g/mol. The molecule has 0 amide bonds. The summed E-state index contributed by atoms with van der Waals surface area (Å²) in [4.78, 5) is 23.2. The lowest BCUT2D eigenvalue weighted by molar-refractivity contribution is -0.160. The number of carbonyl (C=O) groups is 2. The summed E-state index contributed by atoms with van der Waals surface area (Å²) in [6.07, 6.45) is 1.96. The van der Waals surface area contributed by atoms with Crippen LogP contribution in [0, 0.1) is 11.8 Å². The molecule has 1 aromatic rings. The molecule has 0 saturated heterocycles. The van der Waals surface area contributed by atoms with Crippen LogP contribution >= 0.6 is 0 Å². The molecular formula is C19H28O4. The third kappa shape index (κ3) is 8.38. The minimum absolute atomic E-state index is 0.132. The van der Waals surface area contributed by atoms with Gasteiger partial charge in [-0.1, -0.05) is 37.3 Å². The smallest absolute Gasteiger partial charge is 0.309 e. The summed E-state index contributed by atoms with van der Waals surface area (Å²) in [5.41, 5.74) is 0.574. The van der Waals surface area contributed by atoms with Crippen LogP contribution in [0.4, 0.5) is 0 Å². The number of rotatable bonds is 8. The van der Waals surface area contributed by atoms with Crippen LogP contribution in [-0.4, -0.2) is 22.6 Å². The molecular weight excluding hydrogens is 292 g/mol. The summed E-state index contributed by atoms with van der Waals surface area (Å²) in [5, 5.41) is 8.80. The fourth-order valence-corrected chi connectivity index (χ4v) is 2.52. The Morgan fingerprint density at radius 3 is 2.30 bits per heavy atom. The Morgan fingerprint density at radius 1 is 1.17 bits per heavy atom. The molecule has 23 heavy (non-hydrogen) atoms. The van der Waals surface area contributed by atoms with E-state index < -0.39 is 11.6 Å². The summed E-state index contributed by atoms with van der Waals surface area (Å²) in [6, 6.07) is 9.85. The first-order valence-corrected chi connectivity index (χ1v) is 8.16. The number of carboxylic acids is 1. The fraction of sp³-hybridized carbons (Fsp3) is 0.579. The number of benzene rings is 1. The van der Waals surface area contributed by atoms with Crippen molar-refractivity contribution >= 4 is 11.9 Å². The zero-order valence-corrected chi connectivity index (χ0v) is 14.5. The van der Waals surface area contributed by atoms with Crippen molar-refractivity contribution < 1.29 is 19.4 Å². The molecule has 0 fully saturated rings. The van der Waals surface area contributed by atoms with Gasteiger partial charge >= 0.3 is 11.9 Å². The summed E-state index contributed by atoms with van der Waals surface area (Å²) in [5.74, 6) is -1.09. The Morgan fingerprint density at radius 2 is 1.78 bits per heavy atom. The zero-order chi connectivity index (χ0) is 17.5. The normalized spacial score (nSPS) is 14.1. The molecule has 0 heterocycles. The second-order valence-corrected chi connectivity index (χ2v) is 7.19. The van der Waals surface area contributed by atoms with Gasteiger partial charge in [-0.2, -0.15) is 0 Å². The predicted molar refractivity (Wildman–Crippen MR) is 90.1 cm³/mol. The Kier molecular flexibility index (Phi) is 7.27. The summed E-state index contributed by atoms with van der Waals surface area (Å²) >= 11 is 0. The minimum Gasteiger partial charge on any atom is -0.481 e. The third-order valence-electron chi connectivity index (χ3n) is 3.60. The lowest BCUT2D eigenvalue weighted by atomic mass is 9.88. The van der Waals surface area contributed by atoms with E-state index in [2.05, 4.69) is 0 Å². The minimum atomic E-state index is -0.797. The molecule has 0 spiro atoms. The number of hydrogen-bond donors (Lipinski definition) is 1. The van der Waals surface area contributed by atoms with Gasteiger partial charge in [0.15, 0.2) is 0 Å². The number of ether oxygens (including phenoxy) is 1. The maximum Gasteiger partial charge on any atom is 0.309 e. The van der Waals surface area contributed by atoms with Crippen LogP contribution < -0.4 is 0 Å². The first-order valence-electron chi connectivity index (χ1n) is 8.16. The highest BCUT2D eigenvalue weighted by Crippen LogP contribution is 2.24. The van der Waals surface area contributed by atoms with E-state index in [0.717, 1.165) is 5.56 Å². The first-order chi connectivity index (χ1) is 10.7. The molecule has 0 saturated carbocycles. The second kappa shape index (κ2) is 8.70. The van der Waals surface area contributed by atoms with E-state index in [1.165, 1.54) is 0 Å². The predicted octanol–water partition coefficient (Wildman–Crippen LogP) is 4.08. The van der Waals surface area contributed by atoms with Gasteiger partial charge in [-0.15, -0.1) is 0 Å². The van der Waals surface area contributed by atoms with E-state index in [-0.39, 0.29) is 24.2 Å². The standard InChI is InChI=1S/C19H28O4/c1-14(10-11-17(20)21)12-16(18(22)23-19(2,3)4)13-15-8-6-5-7-9-15/h5-9,14,16H,10-13H2,1-4H3,(H,20,21)/t14-,16+/m1/s1. The van der Waals surface area contributed by atoms with Crippen LogP contribution in [0.3, 0.4) is 0 Å². The number of carbonyl (C=O) groups excluding carboxylic acids is 1. The average molecular weight is 320 g/mol. The van der Waals surface area contributed by atoms with Gasteiger partial charge in [0.2, 0.25) is 0 Å². The van der Waals surface area contributed by atoms with Crippen molar-refractivity contribution in [1.29, 1.82) is 0 Å². The maximum absolute atomic E-state index is 12.5. The Bertz CT molecular complexity index is 502. The second-order valence-electron chi connectivity index (χ2n) is 7.19.